The maximum Gasteiger partial charge on any atom is 0.257 e. The summed E-state index contributed by atoms with van der Waals surface area (Å²) < 4.78 is 14.3. The van der Waals surface area contributed by atoms with Gasteiger partial charge in [-0.1, -0.05) is 30.0 Å². The van der Waals surface area contributed by atoms with E-state index in [4.69, 9.17) is 4.99 Å². The topological polar surface area (TPSA) is 70.5 Å². The number of benzene rings is 1. The van der Waals surface area contributed by atoms with Gasteiger partial charge in [0.05, 0.1) is 18.9 Å². The number of hydrogen-bond donors (Lipinski definition) is 1. The number of amides is 1. The number of aliphatic imine (C=N–C) groups is 1. The number of carbonyl (C=O) groups excluding carboxylic acids is 1. The molecular weight excluding hydrogens is 501 g/mol. The van der Waals surface area contributed by atoms with E-state index < -0.39 is 11.4 Å². The van der Waals surface area contributed by atoms with Gasteiger partial charge in [0.25, 0.3) is 5.91 Å². The van der Waals surface area contributed by atoms with E-state index in [0.717, 1.165) is 15.1 Å². The van der Waals surface area contributed by atoms with E-state index in [0.29, 0.717) is 29.8 Å². The molecule has 1 N–H and O–H groups in total. The van der Waals surface area contributed by atoms with Crippen LogP contribution < -0.4 is 10.2 Å². The highest BCUT2D eigenvalue weighted by Gasteiger charge is 2.52. The highest BCUT2D eigenvalue weighted by molar-refractivity contribution is 9.10. The number of nitrogens with zero attached hydrogens (tertiary/aromatic N) is 4. The highest BCUT2D eigenvalue weighted by atomic mass is 79.9. The highest BCUT2D eigenvalue weighted by Crippen LogP contribution is 2.48. The van der Waals surface area contributed by atoms with Crippen molar-refractivity contribution in [2.24, 2.45) is 10.9 Å². The van der Waals surface area contributed by atoms with Crippen LogP contribution in [0.3, 0.4) is 0 Å². The molecule has 1 amide bonds. The number of carbonyl (C=O) groups is 1. The van der Waals surface area contributed by atoms with Crippen LogP contribution in [-0.4, -0.2) is 39.9 Å². The van der Waals surface area contributed by atoms with E-state index in [-0.39, 0.29) is 11.8 Å². The fourth-order valence-electron chi connectivity index (χ4n) is 3.93. The van der Waals surface area contributed by atoms with Gasteiger partial charge in [0, 0.05) is 38.5 Å². The minimum absolute atomic E-state index is 0.176. The molecule has 0 spiro atoms. The summed E-state index contributed by atoms with van der Waals surface area (Å²) >= 11 is 6.74. The lowest BCUT2D eigenvalue weighted by atomic mass is 9.87. The molecular formula is C21H17BrFN5OS2. The predicted molar refractivity (Wildman–Crippen MR) is 125 cm³/mol. The van der Waals surface area contributed by atoms with Crippen LogP contribution in [-0.2, 0) is 5.54 Å². The normalized spacial score (nSPS) is 22.7. The zero-order valence-electron chi connectivity index (χ0n) is 16.2. The smallest absolute Gasteiger partial charge is 0.257 e. The van der Waals surface area contributed by atoms with Gasteiger partial charge in [0.2, 0.25) is 5.95 Å². The van der Waals surface area contributed by atoms with Crippen molar-refractivity contribution in [2.75, 3.05) is 23.7 Å². The first-order chi connectivity index (χ1) is 15.0. The van der Waals surface area contributed by atoms with Gasteiger partial charge in [0.1, 0.15) is 5.54 Å². The van der Waals surface area contributed by atoms with Crippen molar-refractivity contribution in [3.8, 4) is 0 Å². The number of halogens is 2. The van der Waals surface area contributed by atoms with Crippen LogP contribution in [0, 0.1) is 11.7 Å². The third-order valence-electron chi connectivity index (χ3n) is 5.41. The summed E-state index contributed by atoms with van der Waals surface area (Å²) in [6.07, 6.45) is 2.37. The van der Waals surface area contributed by atoms with E-state index in [1.807, 2.05) is 28.5 Å². The zero-order chi connectivity index (χ0) is 21.4. The lowest BCUT2D eigenvalue weighted by molar-refractivity contribution is 0.0977. The van der Waals surface area contributed by atoms with E-state index in [1.54, 1.807) is 35.2 Å². The minimum atomic E-state index is -0.529. The zero-order valence-corrected chi connectivity index (χ0v) is 19.4. The second-order valence-electron chi connectivity index (χ2n) is 7.38. The number of thiophene rings is 1. The van der Waals surface area contributed by atoms with Crippen molar-refractivity contribution in [3.05, 3.63) is 74.9 Å². The van der Waals surface area contributed by atoms with Crippen LogP contribution in [0.5, 0.6) is 0 Å². The Bertz CT molecular complexity index is 1140. The molecule has 2 unspecified atom stereocenters. The molecule has 31 heavy (non-hydrogen) atoms. The number of nitrogens with one attached hydrogen (secondary N) is 1. The monoisotopic (exact) mass is 517 g/mol. The molecule has 10 heteroatoms. The molecule has 1 aromatic carbocycles. The fourth-order valence-corrected chi connectivity index (χ4v) is 6.71. The van der Waals surface area contributed by atoms with E-state index in [9.17, 15) is 9.18 Å². The largest absolute Gasteiger partial charge is 0.338 e. The van der Waals surface area contributed by atoms with Crippen LogP contribution in [0.4, 0.5) is 10.3 Å². The lowest BCUT2D eigenvalue weighted by Crippen LogP contribution is -2.42. The Morgan fingerprint density at radius 2 is 2.03 bits per heavy atom. The molecule has 0 bridgehead atoms. The van der Waals surface area contributed by atoms with Crippen molar-refractivity contribution in [1.82, 2.24) is 15.3 Å². The third-order valence-corrected chi connectivity index (χ3v) is 8.30. The van der Waals surface area contributed by atoms with Crippen LogP contribution >= 0.6 is 39.0 Å². The van der Waals surface area contributed by atoms with Crippen LogP contribution in [0.2, 0.25) is 0 Å². The predicted octanol–water partition coefficient (Wildman–Crippen LogP) is 4.30. The molecule has 5 rings (SSSR count). The number of aromatic nitrogens is 2. The molecule has 2 atom stereocenters. The van der Waals surface area contributed by atoms with Crippen molar-refractivity contribution in [3.63, 3.8) is 0 Å². The third kappa shape index (κ3) is 3.99. The van der Waals surface area contributed by atoms with Gasteiger partial charge < -0.3 is 10.2 Å². The first-order valence-electron chi connectivity index (χ1n) is 9.59. The van der Waals surface area contributed by atoms with Crippen molar-refractivity contribution >= 4 is 56.1 Å². The molecule has 1 saturated heterocycles. The summed E-state index contributed by atoms with van der Waals surface area (Å²) in [5.41, 5.74) is 0.0625. The molecule has 0 aliphatic carbocycles. The average Bonchev–Trinajstić information content (AvgIpc) is 3.39. The van der Waals surface area contributed by atoms with Crippen LogP contribution in [0.1, 0.15) is 15.2 Å². The second-order valence-corrected chi connectivity index (χ2v) is 10.2. The molecule has 6 nitrogen and oxygen atoms in total. The Kier molecular flexibility index (Phi) is 5.53. The summed E-state index contributed by atoms with van der Waals surface area (Å²) in [4.78, 5) is 29.3. The molecule has 2 aliphatic rings. The van der Waals surface area contributed by atoms with Crippen LogP contribution in [0.25, 0.3) is 0 Å². The standard InChI is InChI=1S/C21H17BrFN5OS2/c22-15-6-17(30-11-15)21-12-28(19-24-7-16(23)8-25-19)9-14(21)10-31-20(27-21)26-18(29)13-4-2-1-3-5-13/h1-8,11,14H,9-10,12H2,(H,26,27,29). The Balaban J connectivity index is 1.49. The molecule has 4 heterocycles. The first-order valence-corrected chi connectivity index (χ1v) is 12.3. The molecule has 0 saturated carbocycles. The number of amidine groups is 1. The molecule has 0 radical (unpaired) electrons. The Morgan fingerprint density at radius 3 is 2.74 bits per heavy atom. The summed E-state index contributed by atoms with van der Waals surface area (Å²) in [5, 5.41) is 5.63. The van der Waals surface area contributed by atoms with Crippen LogP contribution in [0.15, 0.2) is 63.6 Å². The van der Waals surface area contributed by atoms with Gasteiger partial charge in [-0.15, -0.1) is 11.3 Å². The maximum absolute atomic E-state index is 13.3. The summed E-state index contributed by atoms with van der Waals surface area (Å²) in [5.74, 6) is 0.845. The number of hydrogen-bond acceptors (Lipinski definition) is 7. The minimum Gasteiger partial charge on any atom is -0.338 e. The molecule has 1 fully saturated rings. The van der Waals surface area contributed by atoms with Gasteiger partial charge in [0.15, 0.2) is 11.0 Å². The number of rotatable bonds is 3. The lowest BCUT2D eigenvalue weighted by Gasteiger charge is -2.34. The Labute approximate surface area is 195 Å². The number of fused-ring (bicyclic) bond motifs is 1. The molecule has 2 aromatic heterocycles. The SMILES string of the molecule is O=C(NC1=NC2(c3cc(Br)cs3)CN(c3ncc(F)cn3)CC2CS1)c1ccccc1. The Morgan fingerprint density at radius 1 is 1.26 bits per heavy atom. The summed E-state index contributed by atoms with van der Waals surface area (Å²) in [7, 11) is 0. The van der Waals surface area contributed by atoms with Crippen molar-refractivity contribution < 1.29 is 9.18 Å². The Hall–Kier alpha value is -2.30. The fraction of sp³-hybridized carbons (Fsp3) is 0.238. The number of anilines is 1. The number of thioether (sulfide) groups is 1. The first kappa shape index (κ1) is 20.6. The van der Waals surface area contributed by atoms with Gasteiger partial charge >= 0.3 is 0 Å². The summed E-state index contributed by atoms with van der Waals surface area (Å²) in [6, 6.07) is 11.2. The van der Waals surface area contributed by atoms with E-state index >= 15 is 0 Å². The van der Waals surface area contributed by atoms with Crippen molar-refractivity contribution in [2.45, 2.75) is 5.54 Å². The molecule has 2 aliphatic heterocycles. The maximum atomic E-state index is 13.3. The van der Waals surface area contributed by atoms with Gasteiger partial charge in [-0.05, 0) is 34.1 Å². The quantitative estimate of drug-likeness (QED) is 0.560. The van der Waals surface area contributed by atoms with E-state index in [1.165, 1.54) is 12.4 Å². The molecule has 3 aromatic rings. The summed E-state index contributed by atoms with van der Waals surface area (Å²) in [6.45, 7) is 1.26. The molecule has 158 valence electrons. The van der Waals surface area contributed by atoms with Gasteiger partial charge in [-0.25, -0.2) is 19.4 Å². The second kappa shape index (κ2) is 8.33. The average molecular weight is 518 g/mol. The van der Waals surface area contributed by atoms with Gasteiger partial charge in [-0.3, -0.25) is 4.79 Å². The van der Waals surface area contributed by atoms with E-state index in [2.05, 4.69) is 37.3 Å². The van der Waals surface area contributed by atoms with Crippen molar-refractivity contribution in [1.29, 1.82) is 0 Å². The van der Waals surface area contributed by atoms with Gasteiger partial charge in [-0.2, -0.15) is 0 Å².